The van der Waals surface area contributed by atoms with Crippen LogP contribution in [0.25, 0.3) is 11.4 Å². The average molecular weight is 481 g/mol. The van der Waals surface area contributed by atoms with Gasteiger partial charge in [-0.2, -0.15) is 0 Å². The minimum absolute atomic E-state index is 0.0741. The van der Waals surface area contributed by atoms with Gasteiger partial charge in [-0.15, -0.1) is 0 Å². The molecule has 3 aromatic rings. The number of halogens is 2. The number of hydrogen-bond donors (Lipinski definition) is 2. The van der Waals surface area contributed by atoms with E-state index in [2.05, 4.69) is 15.0 Å². The van der Waals surface area contributed by atoms with E-state index in [0.29, 0.717) is 17.1 Å². The van der Waals surface area contributed by atoms with Crippen molar-refractivity contribution in [2.75, 3.05) is 16.3 Å². The largest absolute Gasteiger partial charge is 0.489 e. The van der Waals surface area contributed by atoms with Crippen LogP contribution in [0.3, 0.4) is 0 Å². The predicted molar refractivity (Wildman–Crippen MR) is 122 cm³/mol. The lowest BCUT2D eigenvalue weighted by molar-refractivity contribution is 0.102. The van der Waals surface area contributed by atoms with E-state index in [1.54, 1.807) is 11.6 Å². The SMILES string of the molecule is CC(C)Oc1cnc(-c2cc(C(=O)Nc3cc(Cl)cc(NS(C)(=O)=O)c3)cn2C)c(F)c1. The van der Waals surface area contributed by atoms with Gasteiger partial charge in [-0.25, -0.2) is 17.8 Å². The molecule has 0 fully saturated rings. The number of aryl methyl sites for hydroxylation is 1. The summed E-state index contributed by atoms with van der Waals surface area (Å²) >= 11 is 6.03. The number of amides is 1. The van der Waals surface area contributed by atoms with Crippen LogP contribution in [0.15, 0.2) is 42.7 Å². The average Bonchev–Trinajstić information content (AvgIpc) is 3.01. The molecule has 2 heterocycles. The Morgan fingerprint density at radius 1 is 1.19 bits per heavy atom. The van der Waals surface area contributed by atoms with Crippen molar-refractivity contribution < 1.29 is 22.3 Å². The summed E-state index contributed by atoms with van der Waals surface area (Å²) in [5.74, 6) is -0.755. The second-order valence-corrected chi connectivity index (χ2v) is 9.63. The van der Waals surface area contributed by atoms with Gasteiger partial charge >= 0.3 is 0 Å². The van der Waals surface area contributed by atoms with Gasteiger partial charge < -0.3 is 14.6 Å². The van der Waals surface area contributed by atoms with E-state index in [4.69, 9.17) is 16.3 Å². The third-order valence-electron chi connectivity index (χ3n) is 4.16. The van der Waals surface area contributed by atoms with Gasteiger partial charge in [-0.3, -0.25) is 9.52 Å². The number of ether oxygens (including phenoxy) is 1. The molecule has 32 heavy (non-hydrogen) atoms. The van der Waals surface area contributed by atoms with E-state index in [0.717, 1.165) is 6.26 Å². The zero-order valence-corrected chi connectivity index (χ0v) is 19.4. The third kappa shape index (κ3) is 5.98. The summed E-state index contributed by atoms with van der Waals surface area (Å²) in [7, 11) is -1.85. The predicted octanol–water partition coefficient (Wildman–Crippen LogP) is 4.29. The molecule has 0 unspecified atom stereocenters. The Kier molecular flexibility index (Phi) is 6.75. The third-order valence-corrected chi connectivity index (χ3v) is 4.98. The molecular weight excluding hydrogens is 459 g/mol. The van der Waals surface area contributed by atoms with Crippen molar-refractivity contribution in [3.05, 3.63) is 59.1 Å². The van der Waals surface area contributed by atoms with Crippen molar-refractivity contribution in [3.63, 3.8) is 0 Å². The normalized spacial score (nSPS) is 11.5. The van der Waals surface area contributed by atoms with E-state index < -0.39 is 21.7 Å². The molecule has 0 aliphatic carbocycles. The number of benzene rings is 1. The number of carbonyl (C=O) groups excluding carboxylic acids is 1. The molecule has 0 aliphatic rings. The highest BCUT2D eigenvalue weighted by Crippen LogP contribution is 2.27. The van der Waals surface area contributed by atoms with Crippen LogP contribution in [-0.2, 0) is 17.1 Å². The van der Waals surface area contributed by atoms with Crippen molar-refractivity contribution in [1.29, 1.82) is 0 Å². The molecule has 0 spiro atoms. The molecule has 0 atom stereocenters. The van der Waals surface area contributed by atoms with Crippen LogP contribution in [0.4, 0.5) is 15.8 Å². The fourth-order valence-corrected chi connectivity index (χ4v) is 3.79. The fraction of sp³-hybridized carbons (Fsp3) is 0.238. The molecule has 0 saturated heterocycles. The quantitative estimate of drug-likeness (QED) is 0.525. The maximum absolute atomic E-state index is 14.6. The highest BCUT2D eigenvalue weighted by Gasteiger charge is 2.17. The van der Waals surface area contributed by atoms with Crippen LogP contribution >= 0.6 is 11.6 Å². The summed E-state index contributed by atoms with van der Waals surface area (Å²) < 4.78 is 46.9. The Bertz CT molecular complexity index is 1270. The summed E-state index contributed by atoms with van der Waals surface area (Å²) in [6, 6.07) is 7.08. The molecular formula is C21H22ClFN4O4S. The molecule has 1 aromatic carbocycles. The first-order valence-corrected chi connectivity index (χ1v) is 11.8. The van der Waals surface area contributed by atoms with Gasteiger partial charge in [0.15, 0.2) is 5.82 Å². The number of rotatable bonds is 7. The number of nitrogens with one attached hydrogen (secondary N) is 2. The first-order valence-electron chi connectivity index (χ1n) is 9.50. The minimum atomic E-state index is -3.51. The van der Waals surface area contributed by atoms with E-state index in [-0.39, 0.29) is 28.1 Å². The second-order valence-electron chi connectivity index (χ2n) is 7.45. The summed E-state index contributed by atoms with van der Waals surface area (Å²) in [6.07, 6.45) is 3.84. The standard InChI is InChI=1S/C21H22ClFN4O4S/c1-12(2)31-17-9-18(23)20(24-10-17)19-5-13(11-27(19)3)21(28)25-15-6-14(22)7-16(8-15)26-32(4,29)30/h5-12,26H,1-4H3,(H,25,28). The number of carbonyl (C=O) groups is 1. The Morgan fingerprint density at radius 3 is 2.50 bits per heavy atom. The van der Waals surface area contributed by atoms with E-state index >= 15 is 0 Å². The molecule has 3 rings (SSSR count). The Morgan fingerprint density at radius 2 is 1.88 bits per heavy atom. The molecule has 0 bridgehead atoms. The summed E-state index contributed by atoms with van der Waals surface area (Å²) in [4.78, 5) is 16.9. The van der Waals surface area contributed by atoms with Crippen LogP contribution in [0.5, 0.6) is 5.75 Å². The zero-order chi connectivity index (χ0) is 23.6. The smallest absolute Gasteiger partial charge is 0.257 e. The lowest BCUT2D eigenvalue weighted by atomic mass is 10.2. The van der Waals surface area contributed by atoms with Crippen LogP contribution in [0.2, 0.25) is 5.02 Å². The fourth-order valence-electron chi connectivity index (χ4n) is 3.01. The van der Waals surface area contributed by atoms with Crippen LogP contribution in [-0.4, -0.2) is 36.2 Å². The van der Waals surface area contributed by atoms with Crippen molar-refractivity contribution in [1.82, 2.24) is 9.55 Å². The Hall–Kier alpha value is -3.11. The first-order chi connectivity index (χ1) is 14.9. The second kappa shape index (κ2) is 9.17. The number of aromatic nitrogens is 2. The lowest BCUT2D eigenvalue weighted by Crippen LogP contribution is -2.13. The molecule has 0 aliphatic heterocycles. The molecule has 1 amide bonds. The Balaban J connectivity index is 1.84. The summed E-state index contributed by atoms with van der Waals surface area (Å²) in [5.41, 5.74) is 1.22. The van der Waals surface area contributed by atoms with Gasteiger partial charge in [0, 0.05) is 30.0 Å². The highest BCUT2D eigenvalue weighted by atomic mass is 35.5. The highest BCUT2D eigenvalue weighted by molar-refractivity contribution is 7.92. The maximum atomic E-state index is 14.6. The number of nitrogens with zero attached hydrogens (tertiary/aromatic N) is 2. The molecule has 11 heteroatoms. The van der Waals surface area contributed by atoms with E-state index in [1.807, 2.05) is 13.8 Å². The van der Waals surface area contributed by atoms with Crippen molar-refractivity contribution >= 4 is 38.9 Å². The van der Waals surface area contributed by atoms with Gasteiger partial charge in [0.25, 0.3) is 5.91 Å². The molecule has 0 radical (unpaired) electrons. The summed E-state index contributed by atoms with van der Waals surface area (Å²) in [6.45, 7) is 3.65. The first kappa shape index (κ1) is 23.6. The van der Waals surface area contributed by atoms with Crippen molar-refractivity contribution in [2.45, 2.75) is 20.0 Å². The maximum Gasteiger partial charge on any atom is 0.257 e. The molecule has 8 nitrogen and oxygen atoms in total. The number of sulfonamides is 1. The molecule has 170 valence electrons. The van der Waals surface area contributed by atoms with Gasteiger partial charge in [-0.05, 0) is 38.1 Å². The van der Waals surface area contributed by atoms with Crippen LogP contribution < -0.4 is 14.8 Å². The van der Waals surface area contributed by atoms with Gasteiger partial charge in [-0.1, -0.05) is 11.6 Å². The topological polar surface area (TPSA) is 102 Å². The van der Waals surface area contributed by atoms with Crippen LogP contribution in [0, 0.1) is 5.82 Å². The molecule has 2 aromatic heterocycles. The van der Waals surface area contributed by atoms with E-state index in [9.17, 15) is 17.6 Å². The number of hydrogen-bond acceptors (Lipinski definition) is 5. The van der Waals surface area contributed by atoms with Crippen LogP contribution in [0.1, 0.15) is 24.2 Å². The van der Waals surface area contributed by atoms with Crippen molar-refractivity contribution in [2.24, 2.45) is 7.05 Å². The lowest BCUT2D eigenvalue weighted by Gasteiger charge is -2.10. The minimum Gasteiger partial charge on any atom is -0.489 e. The molecule has 0 saturated carbocycles. The van der Waals surface area contributed by atoms with Crippen molar-refractivity contribution in [3.8, 4) is 17.1 Å². The monoisotopic (exact) mass is 480 g/mol. The molecule has 2 N–H and O–H groups in total. The van der Waals surface area contributed by atoms with Gasteiger partial charge in [0.05, 0.1) is 35.5 Å². The Labute approximate surface area is 190 Å². The number of anilines is 2. The number of pyridine rings is 1. The van der Waals surface area contributed by atoms with E-state index in [1.165, 1.54) is 42.7 Å². The van der Waals surface area contributed by atoms with Gasteiger partial charge in [0.2, 0.25) is 10.0 Å². The van der Waals surface area contributed by atoms with Gasteiger partial charge in [0.1, 0.15) is 11.4 Å². The zero-order valence-electron chi connectivity index (χ0n) is 17.8. The summed E-state index contributed by atoms with van der Waals surface area (Å²) in [5, 5.41) is 2.89.